The molecule has 0 heterocycles. The molecule has 6 heteroatoms. The summed E-state index contributed by atoms with van der Waals surface area (Å²) < 4.78 is 0. The first-order valence-electron chi connectivity index (χ1n) is 11.5. The van der Waals surface area contributed by atoms with Gasteiger partial charge in [-0.3, -0.25) is 14.4 Å². The number of unbranched alkanes of at least 4 members (excludes halogenated alkanes) is 11. The third-order valence-corrected chi connectivity index (χ3v) is 5.48. The maximum atomic E-state index is 12.1. The van der Waals surface area contributed by atoms with Gasteiger partial charge in [-0.25, -0.2) is 0 Å². The maximum Gasteiger partial charge on any atom is 0.217 e. The van der Waals surface area contributed by atoms with E-state index < -0.39 is 35.2 Å². The number of hydrogen-bond donors (Lipinski definition) is 3. The standard InChI is InChI=1S/C24H43NO5/c1-5-6-7-8-9-10-11-12-13-14-15-16-17-18-24(30,20(3)27)23(25-21(4)28)22(29)19(2)26/h17-18,22-23,29-30H,5-16H2,1-4H3,(H,25,28)/t22?,23-,24+/m0/s1. The monoisotopic (exact) mass is 425 g/mol. The van der Waals surface area contributed by atoms with E-state index in [4.69, 9.17) is 0 Å². The third-order valence-electron chi connectivity index (χ3n) is 5.48. The van der Waals surface area contributed by atoms with Gasteiger partial charge in [0.15, 0.2) is 17.2 Å². The minimum absolute atomic E-state index is 0.543. The Hall–Kier alpha value is -1.53. The Kier molecular flexibility index (Phi) is 15.4. The molecule has 0 fully saturated rings. The number of hydrogen-bond acceptors (Lipinski definition) is 5. The lowest BCUT2D eigenvalue weighted by molar-refractivity contribution is -0.142. The summed E-state index contributed by atoms with van der Waals surface area (Å²) in [6.07, 6.45) is 15.6. The van der Waals surface area contributed by atoms with Crippen molar-refractivity contribution in [1.82, 2.24) is 5.32 Å². The molecule has 1 amide bonds. The van der Waals surface area contributed by atoms with Crippen molar-refractivity contribution in [3.8, 4) is 0 Å². The molecule has 30 heavy (non-hydrogen) atoms. The van der Waals surface area contributed by atoms with Gasteiger partial charge in [-0.1, -0.05) is 77.2 Å². The quantitative estimate of drug-likeness (QED) is 0.227. The topological polar surface area (TPSA) is 104 Å². The summed E-state index contributed by atoms with van der Waals surface area (Å²) >= 11 is 0. The first kappa shape index (κ1) is 28.5. The number of amides is 1. The molecular formula is C24H43NO5. The number of carbonyl (C=O) groups excluding carboxylic acids is 3. The Morgan fingerprint density at radius 3 is 1.73 bits per heavy atom. The highest BCUT2D eigenvalue weighted by molar-refractivity contribution is 5.91. The molecule has 0 aromatic rings. The molecule has 0 saturated carbocycles. The molecule has 0 aliphatic heterocycles. The van der Waals surface area contributed by atoms with E-state index >= 15 is 0 Å². The zero-order valence-corrected chi connectivity index (χ0v) is 19.4. The summed E-state index contributed by atoms with van der Waals surface area (Å²) in [5.41, 5.74) is -2.13. The van der Waals surface area contributed by atoms with Gasteiger partial charge in [0, 0.05) is 6.92 Å². The smallest absolute Gasteiger partial charge is 0.217 e. The van der Waals surface area contributed by atoms with Crippen molar-refractivity contribution in [2.45, 2.75) is 122 Å². The number of carbonyl (C=O) groups is 3. The molecular weight excluding hydrogens is 382 g/mol. The summed E-state index contributed by atoms with van der Waals surface area (Å²) in [4.78, 5) is 35.1. The minimum atomic E-state index is -2.13. The third kappa shape index (κ3) is 11.6. The van der Waals surface area contributed by atoms with E-state index in [0.29, 0.717) is 6.42 Å². The molecule has 6 nitrogen and oxygen atoms in total. The molecule has 3 atom stereocenters. The average Bonchev–Trinajstić information content (AvgIpc) is 2.68. The van der Waals surface area contributed by atoms with Gasteiger partial charge in [-0.05, 0) is 32.8 Å². The van der Waals surface area contributed by atoms with E-state index in [0.717, 1.165) is 26.2 Å². The van der Waals surface area contributed by atoms with Crippen LogP contribution < -0.4 is 5.32 Å². The van der Waals surface area contributed by atoms with Crippen molar-refractivity contribution >= 4 is 17.5 Å². The molecule has 0 radical (unpaired) electrons. The van der Waals surface area contributed by atoms with E-state index in [2.05, 4.69) is 12.2 Å². The number of nitrogens with one attached hydrogen (secondary N) is 1. The van der Waals surface area contributed by atoms with Gasteiger partial charge in [0.2, 0.25) is 5.91 Å². The van der Waals surface area contributed by atoms with Crippen LogP contribution in [0.25, 0.3) is 0 Å². The summed E-state index contributed by atoms with van der Waals surface area (Å²) in [6, 6.07) is -1.42. The zero-order chi connectivity index (χ0) is 23.0. The number of aliphatic hydroxyl groups excluding tert-OH is 1. The lowest BCUT2D eigenvalue weighted by atomic mass is 9.84. The van der Waals surface area contributed by atoms with Gasteiger partial charge in [-0.2, -0.15) is 0 Å². The number of ketones is 2. The Labute approximate surface area is 182 Å². The first-order chi connectivity index (χ1) is 14.2. The SMILES string of the molecule is CCCCCCCCCCCCCC=C[C@@](O)(C(C)=O)[C@@H](NC(C)=O)C(O)C(C)=O. The molecule has 3 N–H and O–H groups in total. The minimum Gasteiger partial charge on any atom is -0.383 e. The highest BCUT2D eigenvalue weighted by Gasteiger charge is 2.45. The summed E-state index contributed by atoms with van der Waals surface area (Å²) in [6.45, 7) is 5.76. The van der Waals surface area contributed by atoms with E-state index in [1.54, 1.807) is 6.08 Å². The van der Waals surface area contributed by atoms with Crippen molar-refractivity contribution in [2.24, 2.45) is 0 Å². The number of allylic oxidation sites excluding steroid dienone is 1. The summed E-state index contributed by atoms with van der Waals surface area (Å²) in [7, 11) is 0. The fourth-order valence-electron chi connectivity index (χ4n) is 3.51. The maximum absolute atomic E-state index is 12.1. The fourth-order valence-corrected chi connectivity index (χ4v) is 3.51. The molecule has 0 aliphatic rings. The van der Waals surface area contributed by atoms with Gasteiger partial charge in [-0.15, -0.1) is 0 Å². The van der Waals surface area contributed by atoms with Gasteiger partial charge < -0.3 is 15.5 Å². The summed E-state index contributed by atoms with van der Waals surface area (Å²) in [5.74, 6) is -1.82. The molecule has 0 aromatic heterocycles. The number of rotatable bonds is 18. The normalized spacial score (nSPS) is 15.5. The predicted octanol–water partition coefficient (Wildman–Crippen LogP) is 4.02. The second-order valence-corrected chi connectivity index (χ2v) is 8.34. The molecule has 1 unspecified atom stereocenters. The highest BCUT2D eigenvalue weighted by atomic mass is 16.3. The van der Waals surface area contributed by atoms with E-state index in [9.17, 15) is 24.6 Å². The van der Waals surface area contributed by atoms with Gasteiger partial charge >= 0.3 is 0 Å². The van der Waals surface area contributed by atoms with Crippen molar-refractivity contribution in [3.05, 3.63) is 12.2 Å². The van der Waals surface area contributed by atoms with Crippen molar-refractivity contribution in [1.29, 1.82) is 0 Å². The molecule has 0 bridgehead atoms. The van der Waals surface area contributed by atoms with Crippen molar-refractivity contribution in [2.75, 3.05) is 0 Å². The average molecular weight is 426 g/mol. The van der Waals surface area contributed by atoms with Gasteiger partial charge in [0.1, 0.15) is 12.1 Å². The zero-order valence-electron chi connectivity index (χ0n) is 19.4. The highest BCUT2D eigenvalue weighted by Crippen LogP contribution is 2.20. The van der Waals surface area contributed by atoms with Crippen LogP contribution >= 0.6 is 0 Å². The largest absolute Gasteiger partial charge is 0.383 e. The van der Waals surface area contributed by atoms with Crippen molar-refractivity contribution < 1.29 is 24.6 Å². The molecule has 0 saturated heterocycles. The lowest BCUT2D eigenvalue weighted by Crippen LogP contribution is -2.62. The van der Waals surface area contributed by atoms with E-state index in [1.165, 1.54) is 71.3 Å². The Balaban J connectivity index is 4.42. The Bertz CT molecular complexity index is 546. The van der Waals surface area contributed by atoms with Crippen molar-refractivity contribution in [3.63, 3.8) is 0 Å². The van der Waals surface area contributed by atoms with Gasteiger partial charge in [0.25, 0.3) is 0 Å². The molecule has 0 aromatic carbocycles. The van der Waals surface area contributed by atoms with Crippen LogP contribution in [0, 0.1) is 0 Å². The fraction of sp³-hybridized carbons (Fsp3) is 0.792. The first-order valence-corrected chi connectivity index (χ1v) is 11.5. The number of aliphatic hydroxyl groups is 2. The summed E-state index contributed by atoms with van der Waals surface area (Å²) in [5, 5.41) is 23.3. The van der Waals surface area contributed by atoms with E-state index in [-0.39, 0.29) is 0 Å². The van der Waals surface area contributed by atoms with Crippen LogP contribution in [0.4, 0.5) is 0 Å². The molecule has 0 spiro atoms. The van der Waals surface area contributed by atoms with Crippen LogP contribution in [-0.4, -0.2) is 45.4 Å². The Morgan fingerprint density at radius 2 is 1.33 bits per heavy atom. The Morgan fingerprint density at radius 1 is 0.867 bits per heavy atom. The van der Waals surface area contributed by atoms with Crippen LogP contribution in [0.2, 0.25) is 0 Å². The second-order valence-electron chi connectivity index (χ2n) is 8.34. The van der Waals surface area contributed by atoms with Gasteiger partial charge in [0.05, 0.1) is 0 Å². The molecule has 174 valence electrons. The van der Waals surface area contributed by atoms with Crippen LogP contribution in [-0.2, 0) is 14.4 Å². The van der Waals surface area contributed by atoms with Crippen LogP contribution in [0.5, 0.6) is 0 Å². The van der Waals surface area contributed by atoms with Crippen LogP contribution in [0.1, 0.15) is 105 Å². The predicted molar refractivity (Wildman–Crippen MR) is 120 cm³/mol. The van der Waals surface area contributed by atoms with Crippen LogP contribution in [0.3, 0.4) is 0 Å². The van der Waals surface area contributed by atoms with E-state index in [1.807, 2.05) is 0 Å². The lowest BCUT2D eigenvalue weighted by Gasteiger charge is -2.34. The molecule has 0 rings (SSSR count). The number of Topliss-reactive ketones (excluding diaryl/α,β-unsaturated/α-hetero) is 2. The molecule has 0 aliphatic carbocycles. The van der Waals surface area contributed by atoms with Crippen LogP contribution in [0.15, 0.2) is 12.2 Å². The second kappa shape index (κ2) is 16.2.